The molecule has 0 saturated heterocycles. The van der Waals surface area contributed by atoms with Gasteiger partial charge in [0.15, 0.2) is 0 Å². The van der Waals surface area contributed by atoms with Crippen molar-refractivity contribution >= 4 is 37.8 Å². The molecular weight excluding hydrogens is 376 g/mol. The molecule has 0 atom stereocenters. The van der Waals surface area contributed by atoms with Crippen molar-refractivity contribution in [3.63, 3.8) is 0 Å². The molecule has 0 bridgehead atoms. The van der Waals surface area contributed by atoms with Crippen LogP contribution in [0.2, 0.25) is 0 Å². The third kappa shape index (κ3) is 5.21. The summed E-state index contributed by atoms with van der Waals surface area (Å²) < 4.78 is 7.27. The molecule has 4 nitrogen and oxygen atoms in total. The number of carbonyl (C=O) groups excluding carboxylic acids is 1. The highest BCUT2D eigenvalue weighted by Gasteiger charge is 2.10. The lowest BCUT2D eigenvalue weighted by atomic mass is 10.3. The van der Waals surface area contributed by atoms with E-state index in [0.717, 1.165) is 8.95 Å². The molecule has 0 heterocycles. The Hall–Kier alpha value is -1.06. The van der Waals surface area contributed by atoms with Crippen LogP contribution in [0.25, 0.3) is 0 Å². The molecule has 1 aromatic rings. The summed E-state index contributed by atoms with van der Waals surface area (Å²) >= 11 is 6.78. The highest BCUT2D eigenvalue weighted by molar-refractivity contribution is 9.11. The van der Waals surface area contributed by atoms with Crippen LogP contribution in [0, 0.1) is 11.3 Å². The summed E-state index contributed by atoms with van der Waals surface area (Å²) in [6, 6.07) is 7.66. The van der Waals surface area contributed by atoms with E-state index in [1.54, 1.807) is 11.9 Å². The van der Waals surface area contributed by atoms with Crippen LogP contribution in [0.15, 0.2) is 27.1 Å². The Labute approximate surface area is 129 Å². The summed E-state index contributed by atoms with van der Waals surface area (Å²) in [5.74, 6) is 0.661. The van der Waals surface area contributed by atoms with E-state index < -0.39 is 0 Å². The maximum Gasteiger partial charge on any atom is 0.225 e. The van der Waals surface area contributed by atoms with Gasteiger partial charge in [0.1, 0.15) is 5.75 Å². The largest absolute Gasteiger partial charge is 0.491 e. The van der Waals surface area contributed by atoms with Gasteiger partial charge < -0.3 is 9.64 Å². The van der Waals surface area contributed by atoms with Crippen LogP contribution in [-0.4, -0.2) is 31.0 Å². The Kier molecular flexibility index (Phi) is 6.89. The van der Waals surface area contributed by atoms with Gasteiger partial charge in [0.25, 0.3) is 0 Å². The highest BCUT2D eigenvalue weighted by atomic mass is 79.9. The summed E-state index contributed by atoms with van der Waals surface area (Å²) in [6.45, 7) is 0.755. The van der Waals surface area contributed by atoms with E-state index in [0.29, 0.717) is 25.3 Å². The second kappa shape index (κ2) is 8.18. The first-order valence-electron chi connectivity index (χ1n) is 5.74. The van der Waals surface area contributed by atoms with Gasteiger partial charge in [-0.3, -0.25) is 4.79 Å². The van der Waals surface area contributed by atoms with Crippen LogP contribution >= 0.6 is 31.9 Å². The molecular formula is C13H14Br2N2O2. The molecule has 0 aliphatic carbocycles. The van der Waals surface area contributed by atoms with E-state index >= 15 is 0 Å². The minimum atomic E-state index is -0.0292. The number of nitrogens with zero attached hydrogens (tertiary/aromatic N) is 2. The molecule has 0 aliphatic rings. The monoisotopic (exact) mass is 388 g/mol. The summed E-state index contributed by atoms with van der Waals surface area (Å²) in [7, 11) is 1.69. The van der Waals surface area contributed by atoms with E-state index in [2.05, 4.69) is 31.9 Å². The Bertz CT molecular complexity index is 466. The molecule has 0 radical (unpaired) electrons. The van der Waals surface area contributed by atoms with Crippen molar-refractivity contribution in [2.75, 3.05) is 20.2 Å². The van der Waals surface area contributed by atoms with Crippen LogP contribution in [0.3, 0.4) is 0 Å². The van der Waals surface area contributed by atoms with Gasteiger partial charge in [0.2, 0.25) is 5.91 Å². The molecule has 1 amide bonds. The van der Waals surface area contributed by atoms with Gasteiger partial charge >= 0.3 is 0 Å². The van der Waals surface area contributed by atoms with E-state index in [9.17, 15) is 4.79 Å². The molecule has 1 rings (SSSR count). The van der Waals surface area contributed by atoms with Crippen molar-refractivity contribution in [2.24, 2.45) is 0 Å². The molecule has 19 heavy (non-hydrogen) atoms. The van der Waals surface area contributed by atoms with Gasteiger partial charge in [-0.05, 0) is 44.0 Å². The summed E-state index contributed by atoms with van der Waals surface area (Å²) in [5.41, 5.74) is 0. The molecule has 0 fully saturated rings. The number of rotatable bonds is 6. The van der Waals surface area contributed by atoms with Crippen molar-refractivity contribution < 1.29 is 9.53 Å². The smallest absolute Gasteiger partial charge is 0.225 e. The summed E-state index contributed by atoms with van der Waals surface area (Å²) in [5, 5.41) is 8.46. The Morgan fingerprint density at radius 3 is 2.63 bits per heavy atom. The zero-order valence-corrected chi connectivity index (χ0v) is 13.7. The molecule has 0 aliphatic heterocycles. The Balaban J connectivity index is 2.42. The van der Waals surface area contributed by atoms with Crippen LogP contribution in [0.1, 0.15) is 12.8 Å². The van der Waals surface area contributed by atoms with E-state index in [1.165, 1.54) is 0 Å². The molecule has 0 saturated carbocycles. The lowest BCUT2D eigenvalue weighted by Gasteiger charge is -2.16. The van der Waals surface area contributed by atoms with Gasteiger partial charge in [-0.2, -0.15) is 5.26 Å². The number of carbonyl (C=O) groups is 1. The standard InChI is InChI=1S/C13H14Br2N2O2/c1-17(8-3-7-16)12(18)6-9-19-13-10(14)4-2-5-11(13)15/h2,4-5H,3,6,8-9H2,1H3. The predicted octanol–water partition coefficient (Wildman–Crippen LogP) is 3.35. The zero-order chi connectivity index (χ0) is 14.3. The minimum Gasteiger partial charge on any atom is -0.491 e. The first-order valence-corrected chi connectivity index (χ1v) is 7.32. The molecule has 6 heteroatoms. The lowest BCUT2D eigenvalue weighted by molar-refractivity contribution is -0.130. The fourth-order valence-electron chi connectivity index (χ4n) is 1.39. The van der Waals surface area contributed by atoms with Gasteiger partial charge in [0.05, 0.1) is 34.5 Å². The number of benzene rings is 1. The fraction of sp³-hybridized carbons (Fsp3) is 0.385. The van der Waals surface area contributed by atoms with Crippen LogP contribution in [0.4, 0.5) is 0 Å². The molecule has 1 aromatic carbocycles. The van der Waals surface area contributed by atoms with Gasteiger partial charge in [-0.15, -0.1) is 0 Å². The number of hydrogen-bond acceptors (Lipinski definition) is 3. The number of para-hydroxylation sites is 1. The number of nitriles is 1. The van der Waals surface area contributed by atoms with Crippen molar-refractivity contribution in [1.29, 1.82) is 5.26 Å². The zero-order valence-electron chi connectivity index (χ0n) is 10.5. The Morgan fingerprint density at radius 1 is 1.42 bits per heavy atom. The predicted molar refractivity (Wildman–Crippen MR) is 79.8 cm³/mol. The number of halogens is 2. The maximum absolute atomic E-state index is 11.7. The van der Waals surface area contributed by atoms with Crippen molar-refractivity contribution in [3.8, 4) is 11.8 Å². The van der Waals surface area contributed by atoms with Crippen LogP contribution in [-0.2, 0) is 4.79 Å². The molecule has 102 valence electrons. The number of amides is 1. The van der Waals surface area contributed by atoms with Crippen LogP contribution < -0.4 is 4.74 Å². The van der Waals surface area contributed by atoms with Crippen molar-refractivity contribution in [3.05, 3.63) is 27.1 Å². The molecule has 0 unspecified atom stereocenters. The first-order chi connectivity index (χ1) is 9.06. The third-order valence-corrected chi connectivity index (χ3v) is 3.71. The van der Waals surface area contributed by atoms with Gasteiger partial charge in [-0.25, -0.2) is 0 Å². The average Bonchev–Trinajstić information content (AvgIpc) is 2.39. The van der Waals surface area contributed by atoms with Gasteiger partial charge in [-0.1, -0.05) is 6.07 Å². The quantitative estimate of drug-likeness (QED) is 0.749. The fourth-order valence-corrected chi connectivity index (χ4v) is 2.62. The average molecular weight is 390 g/mol. The highest BCUT2D eigenvalue weighted by Crippen LogP contribution is 2.32. The molecule has 0 spiro atoms. The summed E-state index contributed by atoms with van der Waals surface area (Å²) in [6.07, 6.45) is 0.634. The van der Waals surface area contributed by atoms with Crippen molar-refractivity contribution in [2.45, 2.75) is 12.8 Å². The van der Waals surface area contributed by atoms with E-state index in [-0.39, 0.29) is 12.3 Å². The normalized spacial score (nSPS) is 9.79. The lowest BCUT2D eigenvalue weighted by Crippen LogP contribution is -2.28. The summed E-state index contributed by atoms with van der Waals surface area (Å²) in [4.78, 5) is 13.3. The Morgan fingerprint density at radius 2 is 2.05 bits per heavy atom. The minimum absolute atomic E-state index is 0.0292. The van der Waals surface area contributed by atoms with Gasteiger partial charge in [0, 0.05) is 13.6 Å². The third-order valence-electron chi connectivity index (χ3n) is 2.47. The number of hydrogen-bond donors (Lipinski definition) is 0. The van der Waals surface area contributed by atoms with E-state index in [4.69, 9.17) is 10.00 Å². The topological polar surface area (TPSA) is 53.3 Å². The first kappa shape index (κ1) is 16.0. The second-order valence-electron chi connectivity index (χ2n) is 3.87. The molecule has 0 N–H and O–H groups in total. The maximum atomic E-state index is 11.7. The SMILES string of the molecule is CN(CCC#N)C(=O)CCOc1c(Br)cccc1Br. The van der Waals surface area contributed by atoms with Crippen LogP contribution in [0.5, 0.6) is 5.75 Å². The second-order valence-corrected chi connectivity index (χ2v) is 5.58. The van der Waals surface area contributed by atoms with Crippen molar-refractivity contribution in [1.82, 2.24) is 4.90 Å². The van der Waals surface area contributed by atoms with E-state index in [1.807, 2.05) is 24.3 Å². The molecule has 0 aromatic heterocycles. The number of ether oxygens (including phenoxy) is 1.